The van der Waals surface area contributed by atoms with Crippen LogP contribution in [0.2, 0.25) is 0 Å². The number of para-hydroxylation sites is 2. The van der Waals surface area contributed by atoms with Crippen molar-refractivity contribution in [1.29, 1.82) is 5.26 Å². The average Bonchev–Trinajstić information content (AvgIpc) is 2.54. The molecule has 6 nitrogen and oxygen atoms in total. The van der Waals surface area contributed by atoms with Gasteiger partial charge >= 0.3 is 0 Å². The molecule has 0 amide bonds. The average molecular weight is 319 g/mol. The summed E-state index contributed by atoms with van der Waals surface area (Å²) >= 11 is 0. The van der Waals surface area contributed by atoms with E-state index in [0.717, 1.165) is 5.57 Å². The molecule has 7 heteroatoms. The number of nitriles is 1. The van der Waals surface area contributed by atoms with Gasteiger partial charge in [-0.3, -0.25) is 0 Å². The Morgan fingerprint density at radius 3 is 2.91 bits per heavy atom. The molecule has 0 atom stereocenters. The van der Waals surface area contributed by atoms with Gasteiger partial charge < -0.3 is 15.2 Å². The Hall–Kier alpha value is -2.49. The standard InChI is InChI=1S/C15H14N4O2.ClH/c1-20-14-5-3-2-4-13(14)19-15(17)11(8-16)10-6-7-21-9-12(10)18-19;/h2-6H,7,9,17H2,1H3;1H. The van der Waals surface area contributed by atoms with Crippen LogP contribution in [0.4, 0.5) is 5.69 Å². The highest BCUT2D eigenvalue weighted by Gasteiger charge is 2.29. The fourth-order valence-corrected chi connectivity index (χ4v) is 2.35. The van der Waals surface area contributed by atoms with Crippen LogP contribution in [-0.2, 0) is 4.74 Å². The van der Waals surface area contributed by atoms with E-state index in [0.29, 0.717) is 41.8 Å². The fraction of sp³-hybridized carbons (Fsp3) is 0.200. The number of nitrogens with zero attached hydrogens (tertiary/aromatic N) is 3. The van der Waals surface area contributed by atoms with Crippen LogP contribution in [0, 0.1) is 11.3 Å². The zero-order chi connectivity index (χ0) is 14.8. The molecule has 3 rings (SSSR count). The number of ether oxygens (including phenoxy) is 2. The lowest BCUT2D eigenvalue weighted by Crippen LogP contribution is -2.34. The lowest BCUT2D eigenvalue weighted by molar-refractivity contribution is 0.199. The molecular weight excluding hydrogens is 304 g/mol. The van der Waals surface area contributed by atoms with Gasteiger partial charge in [0.15, 0.2) is 0 Å². The molecule has 2 aliphatic rings. The van der Waals surface area contributed by atoms with Gasteiger partial charge in [0.2, 0.25) is 0 Å². The molecule has 0 radical (unpaired) electrons. The second kappa shape index (κ2) is 6.52. The number of benzene rings is 1. The zero-order valence-corrected chi connectivity index (χ0v) is 12.8. The first-order valence-corrected chi connectivity index (χ1v) is 6.45. The van der Waals surface area contributed by atoms with Gasteiger partial charge in [0.1, 0.15) is 28.9 Å². The summed E-state index contributed by atoms with van der Waals surface area (Å²) in [6.07, 6.45) is 1.83. The van der Waals surface area contributed by atoms with E-state index in [1.54, 1.807) is 7.11 Å². The van der Waals surface area contributed by atoms with Gasteiger partial charge in [0, 0.05) is 5.57 Å². The maximum absolute atomic E-state index is 9.41. The normalized spacial score (nSPS) is 16.8. The Labute approximate surface area is 134 Å². The van der Waals surface area contributed by atoms with Crippen LogP contribution in [0.1, 0.15) is 0 Å². The van der Waals surface area contributed by atoms with Gasteiger partial charge in [0.05, 0.1) is 26.0 Å². The zero-order valence-electron chi connectivity index (χ0n) is 11.9. The number of hydrogen-bond acceptors (Lipinski definition) is 6. The van der Waals surface area contributed by atoms with Crippen molar-refractivity contribution >= 4 is 23.8 Å². The number of hydrazone groups is 1. The van der Waals surface area contributed by atoms with Crippen LogP contribution in [-0.4, -0.2) is 26.0 Å². The van der Waals surface area contributed by atoms with E-state index in [9.17, 15) is 5.26 Å². The lowest BCUT2D eigenvalue weighted by atomic mass is 9.99. The summed E-state index contributed by atoms with van der Waals surface area (Å²) in [5.41, 5.74) is 8.68. The van der Waals surface area contributed by atoms with Gasteiger partial charge in [-0.1, -0.05) is 12.1 Å². The SMILES string of the molecule is COc1ccccc1N1N=C2COCC=C2C(C#N)=C1N.Cl. The van der Waals surface area contributed by atoms with E-state index in [4.69, 9.17) is 15.2 Å². The number of rotatable bonds is 2. The smallest absolute Gasteiger partial charge is 0.144 e. The Kier molecular flexibility index (Phi) is 4.71. The Bertz CT molecular complexity index is 718. The summed E-state index contributed by atoms with van der Waals surface area (Å²) in [4.78, 5) is 0. The molecule has 1 aromatic carbocycles. The quantitative estimate of drug-likeness (QED) is 0.901. The van der Waals surface area contributed by atoms with Crippen molar-refractivity contribution in [3.8, 4) is 11.8 Å². The molecule has 2 aliphatic heterocycles. The summed E-state index contributed by atoms with van der Waals surface area (Å²) in [6, 6.07) is 9.53. The minimum Gasteiger partial charge on any atom is -0.494 e. The molecule has 22 heavy (non-hydrogen) atoms. The van der Waals surface area contributed by atoms with Gasteiger partial charge in [0.25, 0.3) is 0 Å². The molecule has 0 fully saturated rings. The third-order valence-corrected chi connectivity index (χ3v) is 3.35. The van der Waals surface area contributed by atoms with E-state index in [2.05, 4.69) is 11.2 Å². The third-order valence-electron chi connectivity index (χ3n) is 3.35. The van der Waals surface area contributed by atoms with Crippen LogP contribution in [0.5, 0.6) is 5.75 Å². The monoisotopic (exact) mass is 318 g/mol. The number of anilines is 1. The number of fused-ring (bicyclic) bond motifs is 1. The van der Waals surface area contributed by atoms with Crippen LogP contribution in [0.25, 0.3) is 0 Å². The number of allylic oxidation sites excluding steroid dienone is 1. The Morgan fingerprint density at radius 2 is 2.18 bits per heavy atom. The first-order chi connectivity index (χ1) is 10.3. The second-order valence-corrected chi connectivity index (χ2v) is 4.54. The first-order valence-electron chi connectivity index (χ1n) is 6.45. The van der Waals surface area contributed by atoms with Crippen molar-refractivity contribution in [3.63, 3.8) is 0 Å². The molecule has 0 saturated heterocycles. The van der Waals surface area contributed by atoms with Crippen molar-refractivity contribution in [2.45, 2.75) is 0 Å². The van der Waals surface area contributed by atoms with Crippen molar-refractivity contribution in [2.24, 2.45) is 10.8 Å². The molecule has 0 saturated carbocycles. The summed E-state index contributed by atoms with van der Waals surface area (Å²) in [7, 11) is 1.58. The molecule has 2 N–H and O–H groups in total. The number of hydrogen-bond donors (Lipinski definition) is 1. The predicted octanol–water partition coefficient (Wildman–Crippen LogP) is 1.94. The molecule has 2 heterocycles. The van der Waals surface area contributed by atoms with Crippen molar-refractivity contribution in [1.82, 2.24) is 0 Å². The minimum atomic E-state index is 0. The van der Waals surface area contributed by atoms with E-state index in [1.165, 1.54) is 5.01 Å². The molecule has 0 aliphatic carbocycles. The Balaban J connectivity index is 0.00000176. The maximum atomic E-state index is 9.41. The largest absolute Gasteiger partial charge is 0.494 e. The van der Waals surface area contributed by atoms with Gasteiger partial charge in [-0.15, -0.1) is 12.4 Å². The lowest BCUT2D eigenvalue weighted by Gasteiger charge is -2.29. The van der Waals surface area contributed by atoms with E-state index < -0.39 is 0 Å². The second-order valence-electron chi connectivity index (χ2n) is 4.54. The van der Waals surface area contributed by atoms with E-state index in [1.807, 2.05) is 30.3 Å². The molecule has 114 valence electrons. The highest BCUT2D eigenvalue weighted by molar-refractivity contribution is 6.08. The topological polar surface area (TPSA) is 83.9 Å². The fourth-order valence-electron chi connectivity index (χ4n) is 2.35. The van der Waals surface area contributed by atoms with Crippen molar-refractivity contribution in [3.05, 3.63) is 47.3 Å². The minimum absolute atomic E-state index is 0. The van der Waals surface area contributed by atoms with Crippen LogP contribution < -0.4 is 15.5 Å². The van der Waals surface area contributed by atoms with Crippen molar-refractivity contribution in [2.75, 3.05) is 25.3 Å². The molecular formula is C15H15ClN4O2. The predicted molar refractivity (Wildman–Crippen MR) is 85.9 cm³/mol. The molecule has 0 aromatic heterocycles. The molecule has 0 unspecified atom stereocenters. The van der Waals surface area contributed by atoms with Gasteiger partial charge in [-0.05, 0) is 18.2 Å². The van der Waals surface area contributed by atoms with Crippen LogP contribution in [0.15, 0.2) is 52.4 Å². The van der Waals surface area contributed by atoms with E-state index >= 15 is 0 Å². The van der Waals surface area contributed by atoms with Crippen molar-refractivity contribution < 1.29 is 9.47 Å². The molecule has 1 aromatic rings. The Morgan fingerprint density at radius 1 is 1.41 bits per heavy atom. The number of halogens is 1. The van der Waals surface area contributed by atoms with Gasteiger partial charge in [-0.25, -0.2) is 5.01 Å². The summed E-state index contributed by atoms with van der Waals surface area (Å²) in [6.45, 7) is 0.817. The van der Waals surface area contributed by atoms with Gasteiger partial charge in [-0.2, -0.15) is 10.4 Å². The van der Waals surface area contributed by atoms with E-state index in [-0.39, 0.29) is 12.4 Å². The highest BCUT2D eigenvalue weighted by Crippen LogP contribution is 2.34. The summed E-state index contributed by atoms with van der Waals surface area (Å²) < 4.78 is 10.7. The van der Waals surface area contributed by atoms with Crippen LogP contribution in [0.3, 0.4) is 0 Å². The first kappa shape index (κ1) is 15.9. The molecule has 0 bridgehead atoms. The number of nitrogens with two attached hydrogens (primary N) is 1. The van der Waals surface area contributed by atoms with Crippen LogP contribution >= 0.6 is 12.4 Å². The third kappa shape index (κ3) is 2.52. The summed E-state index contributed by atoms with van der Waals surface area (Å²) in [5.74, 6) is 0.921. The number of methoxy groups -OCH3 is 1. The highest BCUT2D eigenvalue weighted by atomic mass is 35.5. The summed E-state index contributed by atoms with van der Waals surface area (Å²) in [5, 5.41) is 15.4. The molecule has 0 spiro atoms. The maximum Gasteiger partial charge on any atom is 0.144 e.